The fourth-order valence-electron chi connectivity index (χ4n) is 2.95. The first-order chi connectivity index (χ1) is 14.0. The maximum Gasteiger partial charge on any atom is 0.328 e. The van der Waals surface area contributed by atoms with E-state index in [2.05, 4.69) is 15.3 Å². The molecular formula is C21H15FN4O3. The smallest absolute Gasteiger partial charge is 0.320 e. The van der Waals surface area contributed by atoms with Gasteiger partial charge in [-0.2, -0.15) is 0 Å². The van der Waals surface area contributed by atoms with Gasteiger partial charge in [0.25, 0.3) is 11.5 Å². The van der Waals surface area contributed by atoms with Crippen LogP contribution in [0.3, 0.4) is 0 Å². The number of halogens is 1. The molecule has 2 aromatic carbocycles. The fourth-order valence-corrected chi connectivity index (χ4v) is 2.95. The summed E-state index contributed by atoms with van der Waals surface area (Å²) in [5, 5.41) is 3.43. The van der Waals surface area contributed by atoms with Crippen molar-refractivity contribution in [1.29, 1.82) is 0 Å². The highest BCUT2D eigenvalue weighted by Crippen LogP contribution is 2.16. The van der Waals surface area contributed by atoms with Crippen molar-refractivity contribution >= 4 is 22.5 Å². The number of aromatic nitrogens is 3. The summed E-state index contributed by atoms with van der Waals surface area (Å²) in [6.07, 6.45) is 2.52. The van der Waals surface area contributed by atoms with Crippen LogP contribution in [0.2, 0.25) is 0 Å². The molecule has 0 aliphatic rings. The topological polar surface area (TPSA) is 96.8 Å². The predicted molar refractivity (Wildman–Crippen MR) is 107 cm³/mol. The van der Waals surface area contributed by atoms with E-state index in [1.165, 1.54) is 24.4 Å². The minimum atomic E-state index is -0.816. The fraction of sp³-hybridized carbons (Fsp3) is 0.0476. The molecule has 4 rings (SSSR count). The molecule has 0 atom stereocenters. The van der Waals surface area contributed by atoms with Crippen LogP contribution >= 0.6 is 0 Å². The average Bonchev–Trinajstić information content (AvgIpc) is 2.72. The number of hydrogen-bond donors (Lipinski definition) is 2. The van der Waals surface area contributed by atoms with Gasteiger partial charge in [-0.05, 0) is 18.2 Å². The van der Waals surface area contributed by atoms with Crippen LogP contribution in [0.15, 0.2) is 76.6 Å². The molecule has 0 saturated carbocycles. The number of amides is 1. The number of carbonyl (C=O) groups is 1. The van der Waals surface area contributed by atoms with Crippen LogP contribution in [-0.4, -0.2) is 20.4 Å². The summed E-state index contributed by atoms with van der Waals surface area (Å²) < 4.78 is 14.7. The number of rotatable bonds is 4. The molecule has 0 spiro atoms. The van der Waals surface area contributed by atoms with Crippen molar-refractivity contribution in [3.63, 3.8) is 0 Å². The number of fused-ring (bicyclic) bond motifs is 1. The van der Waals surface area contributed by atoms with Gasteiger partial charge in [0.15, 0.2) is 0 Å². The summed E-state index contributed by atoms with van der Waals surface area (Å²) in [5.41, 5.74) is -0.488. The number of anilines is 1. The van der Waals surface area contributed by atoms with Crippen molar-refractivity contribution in [3.05, 3.63) is 105 Å². The SMILES string of the molecule is O=C(Nc1cnc2ccccc2c1)c1c[nH]c(=O)n(Cc2ccccc2F)c1=O. The van der Waals surface area contributed by atoms with Gasteiger partial charge in [0.2, 0.25) is 0 Å². The maximum atomic E-state index is 13.9. The van der Waals surface area contributed by atoms with E-state index in [0.717, 1.165) is 21.7 Å². The Morgan fingerprint density at radius 3 is 2.69 bits per heavy atom. The zero-order valence-corrected chi connectivity index (χ0v) is 15.1. The summed E-state index contributed by atoms with van der Waals surface area (Å²) in [6, 6.07) is 14.9. The van der Waals surface area contributed by atoms with E-state index in [-0.39, 0.29) is 17.7 Å². The molecule has 29 heavy (non-hydrogen) atoms. The second kappa shape index (κ2) is 7.51. The minimum absolute atomic E-state index is 0.163. The van der Waals surface area contributed by atoms with Crippen molar-refractivity contribution in [2.45, 2.75) is 6.54 Å². The number of nitrogens with one attached hydrogen (secondary N) is 2. The van der Waals surface area contributed by atoms with E-state index in [0.29, 0.717) is 5.69 Å². The van der Waals surface area contributed by atoms with Crippen molar-refractivity contribution in [1.82, 2.24) is 14.5 Å². The molecule has 2 heterocycles. The van der Waals surface area contributed by atoms with Gasteiger partial charge in [-0.3, -0.25) is 19.1 Å². The number of pyridine rings is 1. The molecule has 2 N–H and O–H groups in total. The molecule has 144 valence electrons. The van der Waals surface area contributed by atoms with E-state index in [1.54, 1.807) is 12.1 Å². The Hall–Kier alpha value is -4.07. The molecule has 0 radical (unpaired) electrons. The van der Waals surface area contributed by atoms with Gasteiger partial charge >= 0.3 is 5.69 Å². The largest absolute Gasteiger partial charge is 0.328 e. The van der Waals surface area contributed by atoms with Crippen LogP contribution in [0.4, 0.5) is 10.1 Å². The first-order valence-corrected chi connectivity index (χ1v) is 8.75. The third-order valence-electron chi connectivity index (χ3n) is 4.44. The molecule has 7 nitrogen and oxygen atoms in total. The Bertz CT molecular complexity index is 1340. The number of H-pyrrole nitrogens is 1. The maximum absolute atomic E-state index is 13.9. The van der Waals surface area contributed by atoms with E-state index >= 15 is 0 Å². The Kier molecular flexibility index (Phi) is 4.74. The molecule has 0 aliphatic heterocycles. The van der Waals surface area contributed by atoms with Crippen LogP contribution in [0.1, 0.15) is 15.9 Å². The number of aromatic amines is 1. The molecule has 2 aromatic heterocycles. The van der Waals surface area contributed by atoms with E-state index < -0.39 is 23.0 Å². The first-order valence-electron chi connectivity index (χ1n) is 8.75. The average molecular weight is 390 g/mol. The lowest BCUT2D eigenvalue weighted by molar-refractivity contribution is 0.102. The zero-order chi connectivity index (χ0) is 20.4. The molecular weight excluding hydrogens is 375 g/mol. The van der Waals surface area contributed by atoms with Crippen LogP contribution < -0.4 is 16.6 Å². The first kappa shape index (κ1) is 18.3. The van der Waals surface area contributed by atoms with Crippen LogP contribution in [0, 0.1) is 5.82 Å². The number of para-hydroxylation sites is 1. The molecule has 0 aliphatic carbocycles. The summed E-state index contributed by atoms with van der Waals surface area (Å²) in [6.45, 7) is -0.292. The van der Waals surface area contributed by atoms with Crippen molar-refractivity contribution in [2.24, 2.45) is 0 Å². The number of carbonyl (C=O) groups excluding carboxylic acids is 1. The Morgan fingerprint density at radius 2 is 1.86 bits per heavy atom. The molecule has 0 saturated heterocycles. The lowest BCUT2D eigenvalue weighted by Crippen LogP contribution is -2.39. The third kappa shape index (κ3) is 3.68. The van der Waals surface area contributed by atoms with Crippen molar-refractivity contribution in [3.8, 4) is 0 Å². The third-order valence-corrected chi connectivity index (χ3v) is 4.44. The minimum Gasteiger partial charge on any atom is -0.320 e. The van der Waals surface area contributed by atoms with Crippen molar-refractivity contribution in [2.75, 3.05) is 5.32 Å². The van der Waals surface area contributed by atoms with Crippen molar-refractivity contribution < 1.29 is 9.18 Å². The second-order valence-electron chi connectivity index (χ2n) is 6.36. The Morgan fingerprint density at radius 1 is 1.10 bits per heavy atom. The van der Waals surface area contributed by atoms with E-state index in [1.807, 2.05) is 24.3 Å². The standard InChI is InChI=1S/C21H15FN4O3/c22-17-7-3-1-6-14(17)12-26-20(28)16(11-24-21(26)29)19(27)25-15-9-13-5-2-4-8-18(13)23-10-15/h1-11H,12H2,(H,24,29)(H,25,27). The van der Waals surface area contributed by atoms with Gasteiger partial charge in [0.05, 0.1) is 23.9 Å². The normalized spacial score (nSPS) is 10.8. The molecule has 0 fully saturated rings. The summed E-state index contributed by atoms with van der Waals surface area (Å²) in [4.78, 5) is 44.0. The lowest BCUT2D eigenvalue weighted by Gasteiger charge is -2.09. The number of nitrogens with zero attached hydrogens (tertiary/aromatic N) is 2. The molecule has 8 heteroatoms. The summed E-state index contributed by atoms with van der Waals surface area (Å²) >= 11 is 0. The van der Waals surface area contributed by atoms with Gasteiger partial charge in [-0.15, -0.1) is 0 Å². The van der Waals surface area contributed by atoms with E-state index in [9.17, 15) is 18.8 Å². The molecule has 1 amide bonds. The van der Waals surface area contributed by atoms with Crippen LogP contribution in [0.25, 0.3) is 10.9 Å². The number of benzene rings is 2. The van der Waals surface area contributed by atoms with Crippen LogP contribution in [0.5, 0.6) is 0 Å². The van der Waals surface area contributed by atoms with E-state index in [4.69, 9.17) is 0 Å². The summed E-state index contributed by atoms with van der Waals surface area (Å²) in [7, 11) is 0. The lowest BCUT2D eigenvalue weighted by atomic mass is 10.2. The highest BCUT2D eigenvalue weighted by molar-refractivity contribution is 6.04. The second-order valence-corrected chi connectivity index (χ2v) is 6.36. The molecule has 4 aromatic rings. The predicted octanol–water partition coefficient (Wildman–Crippen LogP) is 2.52. The van der Waals surface area contributed by atoms with Crippen LogP contribution in [-0.2, 0) is 6.54 Å². The highest BCUT2D eigenvalue weighted by atomic mass is 19.1. The highest BCUT2D eigenvalue weighted by Gasteiger charge is 2.16. The Labute approximate surface area is 163 Å². The van der Waals surface area contributed by atoms with Gasteiger partial charge in [-0.25, -0.2) is 9.18 Å². The molecule has 0 unspecified atom stereocenters. The van der Waals surface area contributed by atoms with Gasteiger partial charge in [-0.1, -0.05) is 36.4 Å². The van der Waals surface area contributed by atoms with Gasteiger partial charge in [0.1, 0.15) is 11.4 Å². The molecule has 0 bridgehead atoms. The van der Waals surface area contributed by atoms with Gasteiger partial charge < -0.3 is 10.3 Å². The zero-order valence-electron chi connectivity index (χ0n) is 15.1. The number of hydrogen-bond acceptors (Lipinski definition) is 4. The Balaban J connectivity index is 1.65. The quantitative estimate of drug-likeness (QED) is 0.560. The van der Waals surface area contributed by atoms with Gasteiger partial charge in [0, 0.05) is 17.1 Å². The summed E-state index contributed by atoms with van der Waals surface area (Å²) in [5.74, 6) is -1.25. The monoisotopic (exact) mass is 390 g/mol.